The Labute approximate surface area is 69.9 Å². The summed E-state index contributed by atoms with van der Waals surface area (Å²) >= 11 is 4.19. The van der Waals surface area contributed by atoms with E-state index in [2.05, 4.69) is 23.5 Å². The predicted molar refractivity (Wildman–Crippen MR) is 48.0 cm³/mol. The molecule has 2 saturated heterocycles. The van der Waals surface area contributed by atoms with Crippen LogP contribution in [-0.4, -0.2) is 33.7 Å². The maximum absolute atomic E-state index is 5.70. The number of thioether (sulfide) groups is 2. The Balaban J connectivity index is 2.03. The van der Waals surface area contributed by atoms with E-state index >= 15 is 0 Å². The first-order chi connectivity index (χ1) is 4.81. The van der Waals surface area contributed by atoms with Gasteiger partial charge in [-0.1, -0.05) is 0 Å². The minimum Gasteiger partial charge on any atom is -0.269 e. The Morgan fingerprint density at radius 3 is 2.50 bits per heavy atom. The average molecular weight is 176 g/mol. The summed E-state index contributed by atoms with van der Waals surface area (Å²) in [5.41, 5.74) is 0. The van der Waals surface area contributed by atoms with Gasteiger partial charge >= 0.3 is 0 Å². The zero-order chi connectivity index (χ0) is 7.03. The molecule has 0 aromatic rings. The highest BCUT2D eigenvalue weighted by molar-refractivity contribution is 8.21. The first-order valence-corrected chi connectivity index (χ1v) is 5.55. The van der Waals surface area contributed by atoms with Crippen LogP contribution >= 0.6 is 23.5 Å². The Kier molecular flexibility index (Phi) is 1.88. The minimum absolute atomic E-state index is 0.495. The molecule has 0 aromatic heterocycles. The smallest absolute Gasteiger partial charge is 0.0764 e. The average Bonchev–Trinajstić information content (AvgIpc) is 2.46. The zero-order valence-electron chi connectivity index (χ0n) is 5.88. The van der Waals surface area contributed by atoms with Crippen LogP contribution in [0, 0.1) is 0 Å². The molecule has 0 radical (unpaired) electrons. The predicted octanol–water partition coefficient (Wildman–Crippen LogP) is 0.742. The van der Waals surface area contributed by atoms with Crippen molar-refractivity contribution < 1.29 is 0 Å². The Morgan fingerprint density at radius 1 is 1.30 bits per heavy atom. The maximum atomic E-state index is 5.70. The number of hydrogen-bond acceptors (Lipinski definition) is 4. The van der Waals surface area contributed by atoms with Gasteiger partial charge < -0.3 is 0 Å². The third kappa shape index (κ3) is 1.18. The van der Waals surface area contributed by atoms with Crippen molar-refractivity contribution in [1.82, 2.24) is 5.01 Å². The fourth-order valence-electron chi connectivity index (χ4n) is 1.51. The lowest BCUT2D eigenvalue weighted by Crippen LogP contribution is -2.31. The first-order valence-electron chi connectivity index (χ1n) is 3.58. The van der Waals surface area contributed by atoms with Gasteiger partial charge in [-0.15, -0.1) is 23.5 Å². The van der Waals surface area contributed by atoms with Gasteiger partial charge in [-0.05, 0) is 6.42 Å². The van der Waals surface area contributed by atoms with E-state index in [1.165, 1.54) is 17.9 Å². The monoisotopic (exact) mass is 176 g/mol. The second-order valence-corrected chi connectivity index (χ2v) is 6.04. The van der Waals surface area contributed by atoms with Crippen LogP contribution in [0.3, 0.4) is 0 Å². The molecule has 0 amide bonds. The van der Waals surface area contributed by atoms with Crippen LogP contribution in [0.1, 0.15) is 6.42 Å². The second-order valence-electron chi connectivity index (χ2n) is 2.83. The molecule has 0 bridgehead atoms. The van der Waals surface area contributed by atoms with E-state index in [0.29, 0.717) is 4.08 Å². The number of rotatable bonds is 0. The minimum atomic E-state index is 0.495. The van der Waals surface area contributed by atoms with Gasteiger partial charge in [0.1, 0.15) is 0 Å². The molecule has 2 fully saturated rings. The standard InChI is InChI=1S/C6H12N2S2/c7-8-2-1-6(5-8)9-3-4-10-6/h1-5,7H2. The molecular weight excluding hydrogens is 164 g/mol. The van der Waals surface area contributed by atoms with Gasteiger partial charge in [-0.2, -0.15) is 0 Å². The molecule has 1 spiro atoms. The molecule has 2 rings (SSSR count). The van der Waals surface area contributed by atoms with Gasteiger partial charge in [0.25, 0.3) is 0 Å². The fourth-order valence-corrected chi connectivity index (χ4v) is 4.74. The zero-order valence-corrected chi connectivity index (χ0v) is 7.51. The van der Waals surface area contributed by atoms with Gasteiger partial charge in [0, 0.05) is 24.6 Å². The van der Waals surface area contributed by atoms with Crippen molar-refractivity contribution >= 4 is 23.5 Å². The summed E-state index contributed by atoms with van der Waals surface area (Å²) in [5, 5.41) is 1.95. The fraction of sp³-hybridized carbons (Fsp3) is 1.00. The topological polar surface area (TPSA) is 29.3 Å². The third-order valence-corrected chi connectivity index (χ3v) is 5.54. The van der Waals surface area contributed by atoms with Crippen molar-refractivity contribution in [3.63, 3.8) is 0 Å². The van der Waals surface area contributed by atoms with Crippen molar-refractivity contribution in [3.05, 3.63) is 0 Å². The molecule has 0 aliphatic carbocycles. The first kappa shape index (κ1) is 7.28. The van der Waals surface area contributed by atoms with Crippen LogP contribution in [0.4, 0.5) is 0 Å². The lowest BCUT2D eigenvalue weighted by Gasteiger charge is -2.19. The summed E-state index contributed by atoms with van der Waals surface area (Å²) in [6.45, 7) is 2.17. The lowest BCUT2D eigenvalue weighted by molar-refractivity contribution is 0.354. The van der Waals surface area contributed by atoms with E-state index in [0.717, 1.165) is 13.1 Å². The highest BCUT2D eigenvalue weighted by Crippen LogP contribution is 2.48. The van der Waals surface area contributed by atoms with Gasteiger partial charge in [-0.25, -0.2) is 5.01 Å². The summed E-state index contributed by atoms with van der Waals surface area (Å²) in [7, 11) is 0. The van der Waals surface area contributed by atoms with Crippen molar-refractivity contribution in [3.8, 4) is 0 Å². The van der Waals surface area contributed by atoms with Crippen LogP contribution in [0.5, 0.6) is 0 Å². The molecular formula is C6H12N2S2. The number of hydrogen-bond donors (Lipinski definition) is 1. The van der Waals surface area contributed by atoms with E-state index in [1.807, 2.05) is 5.01 Å². The molecule has 2 aliphatic heterocycles. The molecule has 2 N–H and O–H groups in total. The molecule has 2 aliphatic rings. The second kappa shape index (κ2) is 2.59. The lowest BCUT2D eigenvalue weighted by atomic mass is 10.4. The SMILES string of the molecule is NN1CCC2(C1)SCCS2. The van der Waals surface area contributed by atoms with Gasteiger partial charge in [-0.3, -0.25) is 5.84 Å². The van der Waals surface area contributed by atoms with Gasteiger partial charge in [0.2, 0.25) is 0 Å². The van der Waals surface area contributed by atoms with Crippen molar-refractivity contribution in [2.75, 3.05) is 24.6 Å². The molecule has 10 heavy (non-hydrogen) atoms. The van der Waals surface area contributed by atoms with E-state index in [-0.39, 0.29) is 0 Å². The number of nitrogens with zero attached hydrogens (tertiary/aromatic N) is 1. The molecule has 0 unspecified atom stereocenters. The van der Waals surface area contributed by atoms with E-state index in [1.54, 1.807) is 0 Å². The molecule has 2 nitrogen and oxygen atoms in total. The van der Waals surface area contributed by atoms with Crippen molar-refractivity contribution in [1.29, 1.82) is 0 Å². The highest BCUT2D eigenvalue weighted by Gasteiger charge is 2.40. The number of hydrazine groups is 1. The normalized spacial score (nSPS) is 32.1. The molecule has 0 saturated carbocycles. The number of nitrogens with two attached hydrogens (primary N) is 1. The maximum Gasteiger partial charge on any atom is 0.0764 e. The van der Waals surface area contributed by atoms with Crippen molar-refractivity contribution in [2.24, 2.45) is 5.84 Å². The summed E-state index contributed by atoms with van der Waals surface area (Å²) in [6.07, 6.45) is 1.28. The summed E-state index contributed by atoms with van der Waals surface area (Å²) in [5.74, 6) is 8.33. The quantitative estimate of drug-likeness (QED) is 0.551. The van der Waals surface area contributed by atoms with Crippen LogP contribution < -0.4 is 5.84 Å². The van der Waals surface area contributed by atoms with Crippen LogP contribution in [0.15, 0.2) is 0 Å². The van der Waals surface area contributed by atoms with Crippen molar-refractivity contribution in [2.45, 2.75) is 10.5 Å². The Bertz CT molecular complexity index is 134. The van der Waals surface area contributed by atoms with E-state index in [9.17, 15) is 0 Å². The molecule has 4 heteroatoms. The van der Waals surface area contributed by atoms with Crippen LogP contribution in [0.2, 0.25) is 0 Å². The molecule has 2 heterocycles. The van der Waals surface area contributed by atoms with E-state index < -0.39 is 0 Å². The van der Waals surface area contributed by atoms with Gasteiger partial charge in [0.15, 0.2) is 0 Å². The molecule has 58 valence electrons. The van der Waals surface area contributed by atoms with Gasteiger partial charge in [0.05, 0.1) is 4.08 Å². The summed E-state index contributed by atoms with van der Waals surface area (Å²) in [4.78, 5) is 0. The Hall–Kier alpha value is 0.620. The Morgan fingerprint density at radius 2 is 2.00 bits per heavy atom. The summed E-state index contributed by atoms with van der Waals surface area (Å²) in [6, 6.07) is 0. The van der Waals surface area contributed by atoms with Crippen LogP contribution in [0.25, 0.3) is 0 Å². The van der Waals surface area contributed by atoms with E-state index in [4.69, 9.17) is 5.84 Å². The molecule has 0 atom stereocenters. The summed E-state index contributed by atoms with van der Waals surface area (Å²) < 4.78 is 0.495. The van der Waals surface area contributed by atoms with Crippen LogP contribution in [-0.2, 0) is 0 Å². The highest BCUT2D eigenvalue weighted by atomic mass is 32.2. The third-order valence-electron chi connectivity index (χ3n) is 2.04. The largest absolute Gasteiger partial charge is 0.269 e. The molecule has 0 aromatic carbocycles.